The summed E-state index contributed by atoms with van der Waals surface area (Å²) in [4.78, 5) is 12.0. The van der Waals surface area contributed by atoms with Gasteiger partial charge in [-0.2, -0.15) is 0 Å². The molecule has 2 aliphatic heterocycles. The van der Waals surface area contributed by atoms with Gasteiger partial charge in [0.25, 0.3) is 5.91 Å². The molecule has 2 atom stereocenters. The van der Waals surface area contributed by atoms with E-state index in [0.717, 1.165) is 31.0 Å². The molecule has 2 saturated heterocycles. The third-order valence-electron chi connectivity index (χ3n) is 4.65. The molecule has 144 valence electrons. The summed E-state index contributed by atoms with van der Waals surface area (Å²) in [5.41, 5.74) is -0.384. The van der Waals surface area contributed by atoms with Crippen LogP contribution in [-0.2, 0) is 24.4 Å². The van der Waals surface area contributed by atoms with Crippen LogP contribution < -0.4 is 5.32 Å². The molecule has 0 aliphatic carbocycles. The Balaban J connectivity index is 1.79. The summed E-state index contributed by atoms with van der Waals surface area (Å²) in [7, 11) is -7.35. The van der Waals surface area contributed by atoms with Gasteiger partial charge in [0.2, 0.25) is 0 Å². The molecule has 2 heterocycles. The number of ether oxygens (including phenoxy) is 1. The SMILES string of the molecule is O=C(NC[C@H]1CCCO1)c1cc(S(=O)(=O)[C@@H]2CCS(=O)(=O)C2)ccc1F. The Morgan fingerprint density at radius 3 is 2.69 bits per heavy atom. The first kappa shape index (κ1) is 19.2. The fraction of sp³-hybridized carbons (Fsp3) is 0.562. The Morgan fingerprint density at radius 1 is 1.31 bits per heavy atom. The topological polar surface area (TPSA) is 107 Å². The van der Waals surface area contributed by atoms with E-state index in [-0.39, 0.29) is 35.3 Å². The molecule has 0 unspecified atom stereocenters. The third-order valence-corrected chi connectivity index (χ3v) is 8.82. The number of hydrogen-bond acceptors (Lipinski definition) is 6. The van der Waals surface area contributed by atoms with Crippen LogP contribution in [0, 0.1) is 5.82 Å². The number of sulfone groups is 2. The van der Waals surface area contributed by atoms with Gasteiger partial charge in [-0.1, -0.05) is 0 Å². The first-order chi connectivity index (χ1) is 12.2. The highest BCUT2D eigenvalue weighted by Gasteiger charge is 2.38. The van der Waals surface area contributed by atoms with Crippen LogP contribution in [0.5, 0.6) is 0 Å². The van der Waals surface area contributed by atoms with Gasteiger partial charge in [0.05, 0.1) is 33.3 Å². The highest BCUT2D eigenvalue weighted by Crippen LogP contribution is 2.26. The second-order valence-corrected chi connectivity index (χ2v) is 11.0. The second kappa shape index (κ2) is 7.24. The van der Waals surface area contributed by atoms with Crippen LogP contribution in [-0.4, -0.2) is 58.8 Å². The van der Waals surface area contributed by atoms with Crippen molar-refractivity contribution in [2.24, 2.45) is 0 Å². The van der Waals surface area contributed by atoms with E-state index in [2.05, 4.69) is 5.32 Å². The van der Waals surface area contributed by atoms with Gasteiger partial charge in [0, 0.05) is 13.2 Å². The molecule has 1 aromatic carbocycles. The molecule has 7 nitrogen and oxygen atoms in total. The van der Waals surface area contributed by atoms with Crippen molar-refractivity contribution in [2.45, 2.75) is 35.5 Å². The van der Waals surface area contributed by atoms with Crippen molar-refractivity contribution >= 4 is 25.6 Å². The van der Waals surface area contributed by atoms with Crippen molar-refractivity contribution < 1.29 is 30.8 Å². The number of rotatable bonds is 5. The molecular formula is C16H20FNO6S2. The minimum absolute atomic E-state index is 0.00257. The summed E-state index contributed by atoms with van der Waals surface area (Å²) >= 11 is 0. The first-order valence-electron chi connectivity index (χ1n) is 8.33. The molecule has 0 radical (unpaired) electrons. The van der Waals surface area contributed by atoms with Crippen molar-refractivity contribution in [1.29, 1.82) is 0 Å². The van der Waals surface area contributed by atoms with Crippen molar-refractivity contribution in [3.8, 4) is 0 Å². The molecule has 10 heteroatoms. The fourth-order valence-corrected chi connectivity index (χ4v) is 7.54. The van der Waals surface area contributed by atoms with Crippen LogP contribution in [0.2, 0.25) is 0 Å². The Bertz CT molecular complexity index is 907. The predicted molar refractivity (Wildman–Crippen MR) is 92.0 cm³/mol. The molecule has 0 aromatic heterocycles. The smallest absolute Gasteiger partial charge is 0.254 e. The Morgan fingerprint density at radius 2 is 2.08 bits per heavy atom. The van der Waals surface area contributed by atoms with Gasteiger partial charge in [-0.3, -0.25) is 4.79 Å². The van der Waals surface area contributed by atoms with Gasteiger partial charge in [-0.15, -0.1) is 0 Å². The fourth-order valence-electron chi connectivity index (χ4n) is 3.16. The highest BCUT2D eigenvalue weighted by molar-refractivity contribution is 7.96. The zero-order valence-corrected chi connectivity index (χ0v) is 15.6. The quantitative estimate of drug-likeness (QED) is 0.723. The standard InChI is InChI=1S/C16H20FNO6S2/c17-15-4-3-12(26(22,23)13-5-7-25(20,21)10-13)8-14(15)16(19)18-9-11-2-1-6-24-11/h3-4,8,11,13H,1-2,5-7,9-10H2,(H,18,19)/t11-,13-/m1/s1. The lowest BCUT2D eigenvalue weighted by Crippen LogP contribution is -2.32. The summed E-state index contributed by atoms with van der Waals surface area (Å²) in [6.45, 7) is 0.836. The molecule has 2 aliphatic rings. The average Bonchev–Trinajstić information content (AvgIpc) is 3.22. The number of nitrogens with one attached hydrogen (secondary N) is 1. The first-order valence-corrected chi connectivity index (χ1v) is 11.7. The molecule has 0 spiro atoms. The summed E-state index contributed by atoms with van der Waals surface area (Å²) in [5, 5.41) is 1.48. The van der Waals surface area contributed by atoms with Gasteiger partial charge in [0.1, 0.15) is 5.82 Å². The molecule has 0 saturated carbocycles. The van der Waals surface area contributed by atoms with Crippen molar-refractivity contribution in [3.63, 3.8) is 0 Å². The van der Waals surface area contributed by atoms with Crippen molar-refractivity contribution in [3.05, 3.63) is 29.6 Å². The average molecular weight is 405 g/mol. The lowest BCUT2D eigenvalue weighted by Gasteiger charge is -2.13. The maximum Gasteiger partial charge on any atom is 0.254 e. The van der Waals surface area contributed by atoms with Crippen molar-refractivity contribution in [1.82, 2.24) is 5.32 Å². The largest absolute Gasteiger partial charge is 0.376 e. The maximum atomic E-state index is 14.0. The molecule has 1 aromatic rings. The van der Waals surface area contributed by atoms with E-state index in [1.54, 1.807) is 0 Å². The highest BCUT2D eigenvalue weighted by atomic mass is 32.2. The Kier molecular flexibility index (Phi) is 5.36. The van der Waals surface area contributed by atoms with E-state index in [1.807, 2.05) is 0 Å². The number of carbonyl (C=O) groups is 1. The molecule has 26 heavy (non-hydrogen) atoms. The van der Waals surface area contributed by atoms with E-state index in [0.29, 0.717) is 6.61 Å². The summed E-state index contributed by atoms with van der Waals surface area (Å²) < 4.78 is 67.8. The van der Waals surface area contributed by atoms with Gasteiger partial charge >= 0.3 is 0 Å². The van der Waals surface area contributed by atoms with E-state index >= 15 is 0 Å². The predicted octanol–water partition coefficient (Wildman–Crippen LogP) is 0.695. The molecule has 0 bridgehead atoms. The molecular weight excluding hydrogens is 385 g/mol. The van der Waals surface area contributed by atoms with Gasteiger partial charge in [0.15, 0.2) is 19.7 Å². The van der Waals surface area contributed by atoms with Crippen LogP contribution in [0.4, 0.5) is 4.39 Å². The van der Waals surface area contributed by atoms with E-state index in [4.69, 9.17) is 4.74 Å². The zero-order chi connectivity index (χ0) is 18.9. The maximum absolute atomic E-state index is 14.0. The van der Waals surface area contributed by atoms with E-state index in [1.165, 1.54) is 0 Å². The van der Waals surface area contributed by atoms with Gasteiger partial charge in [-0.05, 0) is 37.5 Å². The number of halogens is 1. The lowest BCUT2D eigenvalue weighted by molar-refractivity contribution is 0.0854. The van der Waals surface area contributed by atoms with Crippen LogP contribution in [0.25, 0.3) is 0 Å². The van der Waals surface area contributed by atoms with E-state index in [9.17, 15) is 26.0 Å². The molecule has 1 amide bonds. The minimum atomic E-state index is -3.96. The van der Waals surface area contributed by atoms with Crippen molar-refractivity contribution in [2.75, 3.05) is 24.7 Å². The monoisotopic (exact) mass is 405 g/mol. The van der Waals surface area contributed by atoms with Crippen LogP contribution in [0.1, 0.15) is 29.6 Å². The van der Waals surface area contributed by atoms with E-state index < -0.39 is 42.4 Å². The normalized spacial score (nSPS) is 25.3. The minimum Gasteiger partial charge on any atom is -0.376 e. The van der Waals surface area contributed by atoms with Crippen LogP contribution in [0.3, 0.4) is 0 Å². The van der Waals surface area contributed by atoms with Crippen LogP contribution in [0.15, 0.2) is 23.1 Å². The van der Waals surface area contributed by atoms with Gasteiger partial charge in [-0.25, -0.2) is 21.2 Å². The molecule has 2 fully saturated rings. The Hall–Kier alpha value is -1.52. The zero-order valence-electron chi connectivity index (χ0n) is 14.0. The van der Waals surface area contributed by atoms with Crippen LogP contribution >= 0.6 is 0 Å². The Labute approximate surface area is 151 Å². The number of amides is 1. The number of hydrogen-bond donors (Lipinski definition) is 1. The number of benzene rings is 1. The summed E-state index contributed by atoms with van der Waals surface area (Å²) in [6.07, 6.45) is 1.57. The lowest BCUT2D eigenvalue weighted by atomic mass is 10.2. The summed E-state index contributed by atoms with van der Waals surface area (Å²) in [6, 6.07) is 2.95. The third kappa shape index (κ3) is 4.07. The number of carbonyl (C=O) groups excluding carboxylic acids is 1. The van der Waals surface area contributed by atoms with Gasteiger partial charge < -0.3 is 10.1 Å². The summed E-state index contributed by atoms with van der Waals surface area (Å²) in [5.74, 6) is -2.21. The molecule has 1 N–H and O–H groups in total. The second-order valence-electron chi connectivity index (χ2n) is 6.56. The molecule has 3 rings (SSSR count).